The Kier molecular flexibility index (Phi) is 2.06. The Morgan fingerprint density at radius 1 is 1.80 bits per heavy atom. The van der Waals surface area contributed by atoms with E-state index in [1.807, 2.05) is 6.92 Å². The Labute approximate surface area is 60.3 Å². The van der Waals surface area contributed by atoms with Crippen LogP contribution in [-0.4, -0.2) is 30.1 Å². The van der Waals surface area contributed by atoms with Crippen molar-refractivity contribution >= 4 is 6.29 Å². The Morgan fingerprint density at radius 3 is 2.90 bits per heavy atom. The van der Waals surface area contributed by atoms with Crippen LogP contribution in [0.4, 0.5) is 0 Å². The minimum atomic E-state index is -0.410. The molecule has 10 heavy (non-hydrogen) atoms. The number of carbonyl (C=O) groups excluding carboxylic acids is 1. The number of hydrogen-bond acceptors (Lipinski definition) is 3. The van der Waals surface area contributed by atoms with Gasteiger partial charge in [-0.3, -0.25) is 4.79 Å². The van der Waals surface area contributed by atoms with Gasteiger partial charge in [0.25, 0.3) is 0 Å². The fourth-order valence-corrected chi connectivity index (χ4v) is 1.05. The molecular formula is C7H11NO2. The van der Waals surface area contributed by atoms with Gasteiger partial charge in [-0.05, 0) is 13.1 Å². The highest BCUT2D eigenvalue weighted by Gasteiger charge is 2.26. The largest absolute Gasteiger partial charge is 0.346 e. The molecule has 3 nitrogen and oxygen atoms in total. The fourth-order valence-electron chi connectivity index (χ4n) is 1.05. The molecule has 1 rings (SSSR count). The molecule has 0 aromatic carbocycles. The first-order valence-electron chi connectivity index (χ1n) is 3.27. The number of carbonyl (C=O) groups is 1. The van der Waals surface area contributed by atoms with Crippen molar-refractivity contribution in [2.24, 2.45) is 0 Å². The van der Waals surface area contributed by atoms with E-state index in [1.165, 1.54) is 0 Å². The SMILES string of the molecule is C=CN1CC(C)OC1C=O. The standard InChI is InChI=1S/C7H11NO2/c1-3-8-4-6(2)10-7(8)5-9/h3,5-7H,1,4H2,2H3. The number of nitrogens with zero attached hydrogens (tertiary/aromatic N) is 1. The number of ether oxygens (including phenoxy) is 1. The van der Waals surface area contributed by atoms with E-state index in [-0.39, 0.29) is 6.10 Å². The summed E-state index contributed by atoms with van der Waals surface area (Å²) in [7, 11) is 0. The molecule has 3 heteroatoms. The van der Waals surface area contributed by atoms with E-state index in [4.69, 9.17) is 4.74 Å². The van der Waals surface area contributed by atoms with E-state index < -0.39 is 6.23 Å². The maximum atomic E-state index is 10.3. The zero-order chi connectivity index (χ0) is 7.56. The highest BCUT2D eigenvalue weighted by atomic mass is 16.5. The maximum absolute atomic E-state index is 10.3. The van der Waals surface area contributed by atoms with Crippen LogP contribution in [0.15, 0.2) is 12.8 Å². The predicted molar refractivity (Wildman–Crippen MR) is 37.3 cm³/mol. The van der Waals surface area contributed by atoms with E-state index >= 15 is 0 Å². The van der Waals surface area contributed by atoms with Crippen LogP contribution in [0.3, 0.4) is 0 Å². The molecule has 0 radical (unpaired) electrons. The lowest BCUT2D eigenvalue weighted by molar-refractivity contribution is -0.121. The lowest BCUT2D eigenvalue weighted by Gasteiger charge is -2.13. The van der Waals surface area contributed by atoms with Crippen LogP contribution in [0.2, 0.25) is 0 Å². The van der Waals surface area contributed by atoms with Crippen LogP contribution in [0.5, 0.6) is 0 Å². The number of rotatable bonds is 2. The van der Waals surface area contributed by atoms with Crippen LogP contribution < -0.4 is 0 Å². The average Bonchev–Trinajstić information content (AvgIpc) is 2.30. The molecule has 1 aliphatic rings. The Bertz CT molecular complexity index is 131. The molecule has 0 spiro atoms. The van der Waals surface area contributed by atoms with Gasteiger partial charge in [-0.1, -0.05) is 6.58 Å². The summed E-state index contributed by atoms with van der Waals surface area (Å²) in [6.45, 7) is 6.25. The monoisotopic (exact) mass is 141 g/mol. The van der Waals surface area contributed by atoms with Gasteiger partial charge in [0.1, 0.15) is 0 Å². The summed E-state index contributed by atoms with van der Waals surface area (Å²) < 4.78 is 5.20. The quantitative estimate of drug-likeness (QED) is 0.520. The lowest BCUT2D eigenvalue weighted by Crippen LogP contribution is -2.25. The van der Waals surface area contributed by atoms with Crippen molar-refractivity contribution in [2.45, 2.75) is 19.3 Å². The zero-order valence-electron chi connectivity index (χ0n) is 5.99. The molecule has 0 saturated carbocycles. The Hall–Kier alpha value is -0.830. The Balaban J connectivity index is 2.56. The second kappa shape index (κ2) is 2.84. The molecule has 1 saturated heterocycles. The van der Waals surface area contributed by atoms with Crippen LogP contribution >= 0.6 is 0 Å². The molecule has 0 aliphatic carbocycles. The molecule has 2 unspecified atom stereocenters. The van der Waals surface area contributed by atoms with Crippen LogP contribution in [0, 0.1) is 0 Å². The molecular weight excluding hydrogens is 130 g/mol. The van der Waals surface area contributed by atoms with Crippen LogP contribution in [0.1, 0.15) is 6.92 Å². The first-order valence-corrected chi connectivity index (χ1v) is 3.27. The third-order valence-electron chi connectivity index (χ3n) is 1.52. The van der Waals surface area contributed by atoms with E-state index in [0.29, 0.717) is 0 Å². The van der Waals surface area contributed by atoms with Crippen molar-refractivity contribution < 1.29 is 9.53 Å². The molecule has 1 fully saturated rings. The van der Waals surface area contributed by atoms with Gasteiger partial charge >= 0.3 is 0 Å². The maximum Gasteiger partial charge on any atom is 0.186 e. The van der Waals surface area contributed by atoms with Gasteiger partial charge < -0.3 is 9.64 Å². The highest BCUT2D eigenvalue weighted by molar-refractivity contribution is 5.56. The number of hydrogen-bond donors (Lipinski definition) is 0. The molecule has 0 aromatic rings. The normalized spacial score (nSPS) is 32.3. The zero-order valence-corrected chi connectivity index (χ0v) is 5.99. The second-order valence-corrected chi connectivity index (χ2v) is 2.35. The summed E-state index contributed by atoms with van der Waals surface area (Å²) in [6.07, 6.45) is 2.13. The average molecular weight is 141 g/mol. The Morgan fingerprint density at radius 2 is 2.50 bits per heavy atom. The molecule has 1 aliphatic heterocycles. The smallest absolute Gasteiger partial charge is 0.186 e. The molecule has 1 heterocycles. The molecule has 0 bridgehead atoms. The first kappa shape index (κ1) is 7.28. The van der Waals surface area contributed by atoms with Crippen molar-refractivity contribution in [3.05, 3.63) is 12.8 Å². The van der Waals surface area contributed by atoms with Crippen molar-refractivity contribution in [1.29, 1.82) is 0 Å². The molecule has 56 valence electrons. The van der Waals surface area contributed by atoms with Gasteiger partial charge in [0.15, 0.2) is 12.5 Å². The third-order valence-corrected chi connectivity index (χ3v) is 1.52. The predicted octanol–water partition coefficient (Wildman–Crippen LogP) is 0.376. The third kappa shape index (κ3) is 1.19. The summed E-state index contributed by atoms with van der Waals surface area (Å²) in [5, 5.41) is 0. The minimum Gasteiger partial charge on any atom is -0.346 e. The molecule has 0 aromatic heterocycles. The van der Waals surface area contributed by atoms with Crippen molar-refractivity contribution in [3.8, 4) is 0 Å². The lowest BCUT2D eigenvalue weighted by atomic mass is 10.4. The van der Waals surface area contributed by atoms with Gasteiger partial charge in [0.05, 0.1) is 6.10 Å². The van der Waals surface area contributed by atoms with Gasteiger partial charge in [0, 0.05) is 6.54 Å². The molecule has 0 amide bonds. The summed E-state index contributed by atoms with van der Waals surface area (Å²) in [5.41, 5.74) is 0. The number of aldehydes is 1. The van der Waals surface area contributed by atoms with Crippen molar-refractivity contribution in [1.82, 2.24) is 4.90 Å². The van der Waals surface area contributed by atoms with Gasteiger partial charge in [0.2, 0.25) is 0 Å². The summed E-state index contributed by atoms with van der Waals surface area (Å²) in [6, 6.07) is 0. The summed E-state index contributed by atoms with van der Waals surface area (Å²) >= 11 is 0. The topological polar surface area (TPSA) is 29.5 Å². The molecule has 0 N–H and O–H groups in total. The molecule has 2 atom stereocenters. The van der Waals surface area contributed by atoms with Crippen molar-refractivity contribution in [2.75, 3.05) is 6.54 Å². The highest BCUT2D eigenvalue weighted by Crippen LogP contribution is 2.13. The summed E-state index contributed by atoms with van der Waals surface area (Å²) in [5.74, 6) is 0. The van der Waals surface area contributed by atoms with Gasteiger partial charge in [-0.2, -0.15) is 0 Å². The van der Waals surface area contributed by atoms with Crippen LogP contribution in [0.25, 0.3) is 0 Å². The fraction of sp³-hybridized carbons (Fsp3) is 0.571. The summed E-state index contributed by atoms with van der Waals surface area (Å²) in [4.78, 5) is 12.1. The van der Waals surface area contributed by atoms with Gasteiger partial charge in [-0.25, -0.2) is 0 Å². The first-order chi connectivity index (χ1) is 4.77. The minimum absolute atomic E-state index is 0.133. The van der Waals surface area contributed by atoms with E-state index in [0.717, 1.165) is 12.8 Å². The second-order valence-electron chi connectivity index (χ2n) is 2.35. The van der Waals surface area contributed by atoms with Crippen molar-refractivity contribution in [3.63, 3.8) is 0 Å². The van der Waals surface area contributed by atoms with E-state index in [9.17, 15) is 4.79 Å². The van der Waals surface area contributed by atoms with E-state index in [2.05, 4.69) is 6.58 Å². The van der Waals surface area contributed by atoms with E-state index in [1.54, 1.807) is 11.1 Å². The van der Waals surface area contributed by atoms with Gasteiger partial charge in [-0.15, -0.1) is 0 Å². The van der Waals surface area contributed by atoms with Crippen LogP contribution in [-0.2, 0) is 9.53 Å².